The van der Waals surface area contributed by atoms with Gasteiger partial charge in [0.1, 0.15) is 5.82 Å². The first-order chi connectivity index (χ1) is 25.4. The summed E-state index contributed by atoms with van der Waals surface area (Å²) in [7, 11) is 9.66. The van der Waals surface area contributed by atoms with Gasteiger partial charge in [0.05, 0.1) is 48.4 Å². The molecule has 1 saturated heterocycles. The van der Waals surface area contributed by atoms with Crippen molar-refractivity contribution in [2.75, 3.05) is 60.6 Å². The van der Waals surface area contributed by atoms with Crippen LogP contribution in [-0.4, -0.2) is 71.7 Å². The van der Waals surface area contributed by atoms with E-state index in [1.54, 1.807) is 54.8 Å². The number of ether oxygens (including phenoxy) is 6. The van der Waals surface area contributed by atoms with Gasteiger partial charge >= 0.3 is 0 Å². The minimum atomic E-state index is -0.244. The molecule has 1 aliphatic rings. The van der Waals surface area contributed by atoms with Crippen LogP contribution in [0.2, 0.25) is 0 Å². The molecule has 0 unspecified atom stereocenters. The molecule has 54 heavy (non-hydrogen) atoms. The number of anilines is 1. The molecule has 4 aromatic carbocycles. The maximum Gasteiger partial charge on any atom is 0.203 e. The first-order valence-electron chi connectivity index (χ1n) is 17.3. The van der Waals surface area contributed by atoms with E-state index in [-0.39, 0.29) is 36.7 Å². The maximum atomic E-state index is 14.1. The number of rotatable bonds is 14. The van der Waals surface area contributed by atoms with Gasteiger partial charge in [-0.3, -0.25) is 9.88 Å². The first kappa shape index (κ1) is 41.9. The van der Waals surface area contributed by atoms with Crippen LogP contribution >= 0.6 is 24.8 Å². The van der Waals surface area contributed by atoms with Crippen LogP contribution in [0, 0.1) is 5.82 Å². The number of hydrogen-bond acceptors (Lipinski definition) is 9. The number of piperidine rings is 1. The van der Waals surface area contributed by atoms with Crippen molar-refractivity contribution in [3.63, 3.8) is 0 Å². The summed E-state index contributed by atoms with van der Waals surface area (Å²) in [5, 5.41) is 0. The molecular formula is C42H48Cl2FN3O6. The number of nitrogens with zero attached hydrogens (tertiary/aromatic N) is 3. The molecule has 9 nitrogen and oxygen atoms in total. The number of aromatic nitrogens is 1. The smallest absolute Gasteiger partial charge is 0.203 e. The summed E-state index contributed by atoms with van der Waals surface area (Å²) in [6.45, 7) is 3.34. The highest BCUT2D eigenvalue weighted by Crippen LogP contribution is 2.42. The minimum absolute atomic E-state index is 0. The Hall–Kier alpha value is -4.90. The molecule has 0 atom stereocenters. The van der Waals surface area contributed by atoms with E-state index in [4.69, 9.17) is 28.4 Å². The second-order valence-corrected chi connectivity index (χ2v) is 12.7. The van der Waals surface area contributed by atoms with Gasteiger partial charge in [-0.25, -0.2) is 4.39 Å². The monoisotopic (exact) mass is 779 g/mol. The second kappa shape index (κ2) is 19.4. The molecule has 2 heterocycles. The quantitative estimate of drug-likeness (QED) is 0.110. The van der Waals surface area contributed by atoms with Gasteiger partial charge in [-0.05, 0) is 102 Å². The summed E-state index contributed by atoms with van der Waals surface area (Å²) in [4.78, 5) is 9.55. The Bertz CT molecular complexity index is 1920. The van der Waals surface area contributed by atoms with Crippen LogP contribution in [-0.2, 0) is 13.1 Å². The average Bonchev–Trinajstić information content (AvgIpc) is 3.19. The third kappa shape index (κ3) is 9.42. The van der Waals surface area contributed by atoms with Crippen molar-refractivity contribution in [3.05, 3.63) is 108 Å². The van der Waals surface area contributed by atoms with Crippen LogP contribution in [0.5, 0.6) is 34.5 Å². The third-order valence-corrected chi connectivity index (χ3v) is 9.63. The lowest BCUT2D eigenvalue weighted by Gasteiger charge is -2.40. The maximum absolute atomic E-state index is 14.1. The van der Waals surface area contributed by atoms with Crippen LogP contribution in [0.15, 0.2) is 91.1 Å². The summed E-state index contributed by atoms with van der Waals surface area (Å²) in [5.41, 5.74) is 7.05. The van der Waals surface area contributed by atoms with Crippen LogP contribution in [0.1, 0.15) is 24.0 Å². The van der Waals surface area contributed by atoms with Gasteiger partial charge in [0, 0.05) is 49.7 Å². The number of halogens is 3. The van der Waals surface area contributed by atoms with E-state index in [1.807, 2.05) is 42.6 Å². The fourth-order valence-corrected chi connectivity index (χ4v) is 6.96. The van der Waals surface area contributed by atoms with Gasteiger partial charge in [-0.15, -0.1) is 24.8 Å². The van der Waals surface area contributed by atoms with Gasteiger partial charge in [-0.1, -0.05) is 18.2 Å². The van der Waals surface area contributed by atoms with Gasteiger partial charge in [0.15, 0.2) is 23.0 Å². The van der Waals surface area contributed by atoms with E-state index < -0.39 is 0 Å². The Kier molecular flexibility index (Phi) is 15.1. The molecule has 6 rings (SSSR count). The van der Waals surface area contributed by atoms with E-state index in [9.17, 15) is 4.39 Å². The van der Waals surface area contributed by atoms with Crippen molar-refractivity contribution in [1.82, 2.24) is 9.88 Å². The SMILES string of the molecule is COc1cc(-c2cccc(CN(c3ccc(F)cc3)C3CCN(Cc4ccnc(-c5cc(OC)c(OC)c(OC)c5)c4)CC3)c2)cc(OC)c1OC.Cl.Cl. The fourth-order valence-electron chi connectivity index (χ4n) is 6.96. The second-order valence-electron chi connectivity index (χ2n) is 12.7. The first-order valence-corrected chi connectivity index (χ1v) is 17.3. The van der Waals surface area contributed by atoms with Crippen LogP contribution < -0.4 is 33.3 Å². The van der Waals surface area contributed by atoms with Crippen molar-refractivity contribution in [3.8, 4) is 56.9 Å². The average molecular weight is 781 g/mol. The summed E-state index contributed by atoms with van der Waals surface area (Å²) >= 11 is 0. The molecule has 0 bridgehead atoms. The Balaban J connectivity index is 0.00000325. The number of likely N-dealkylation sites (tertiary alicyclic amines) is 1. The largest absolute Gasteiger partial charge is 0.493 e. The zero-order valence-electron chi connectivity index (χ0n) is 31.5. The summed E-state index contributed by atoms with van der Waals surface area (Å²) in [6.07, 6.45) is 3.78. The summed E-state index contributed by atoms with van der Waals surface area (Å²) < 4.78 is 47.5. The summed E-state index contributed by atoms with van der Waals surface area (Å²) in [6, 6.07) is 27.6. The van der Waals surface area contributed by atoms with Gasteiger partial charge in [0.2, 0.25) is 11.5 Å². The Morgan fingerprint density at radius 3 is 1.72 bits per heavy atom. The Labute approximate surface area is 329 Å². The highest BCUT2D eigenvalue weighted by atomic mass is 35.5. The fraction of sp³-hybridized carbons (Fsp3) is 0.310. The number of pyridine rings is 1. The van der Waals surface area contributed by atoms with Crippen molar-refractivity contribution >= 4 is 30.5 Å². The topological polar surface area (TPSA) is 74.8 Å². The molecule has 0 N–H and O–H groups in total. The van der Waals surface area contributed by atoms with Gasteiger partial charge < -0.3 is 33.3 Å². The van der Waals surface area contributed by atoms with E-state index in [1.165, 1.54) is 5.56 Å². The molecule has 288 valence electrons. The minimum Gasteiger partial charge on any atom is -0.493 e. The molecular weight excluding hydrogens is 732 g/mol. The van der Waals surface area contributed by atoms with Gasteiger partial charge in [-0.2, -0.15) is 0 Å². The number of hydrogen-bond donors (Lipinski definition) is 0. The van der Waals surface area contributed by atoms with E-state index in [0.717, 1.165) is 66.1 Å². The molecule has 0 saturated carbocycles. The Morgan fingerprint density at radius 2 is 1.19 bits per heavy atom. The summed E-state index contributed by atoms with van der Waals surface area (Å²) in [5.74, 6) is 3.24. The third-order valence-electron chi connectivity index (χ3n) is 9.63. The normalized spacial score (nSPS) is 12.9. The van der Waals surface area contributed by atoms with E-state index >= 15 is 0 Å². The lowest BCUT2D eigenvalue weighted by Crippen LogP contribution is -2.44. The highest BCUT2D eigenvalue weighted by Gasteiger charge is 2.26. The molecule has 0 radical (unpaired) electrons. The molecule has 12 heteroatoms. The van der Waals surface area contributed by atoms with Crippen LogP contribution in [0.4, 0.5) is 10.1 Å². The molecule has 0 aliphatic carbocycles. The molecule has 1 fully saturated rings. The molecule has 0 amide bonds. The number of benzene rings is 4. The standard InChI is InChI=1S/C42H46FN3O6.2ClH/c1-47-37-22-31(23-38(48-2)41(37)51-5)30-9-7-8-28(20-30)27-46(34-12-10-33(43)11-13-34)35-15-18-45(19-16-35)26-29-14-17-44-36(21-29)32-24-39(49-3)42(52-6)40(25-32)50-4;;/h7-14,17,20-25,35H,15-16,18-19,26-27H2,1-6H3;2*1H. The molecule has 5 aromatic rings. The zero-order valence-corrected chi connectivity index (χ0v) is 33.1. The lowest BCUT2D eigenvalue weighted by atomic mass is 9.98. The number of methoxy groups -OCH3 is 6. The van der Waals surface area contributed by atoms with E-state index in [2.05, 4.69) is 51.2 Å². The van der Waals surface area contributed by atoms with Crippen LogP contribution in [0.25, 0.3) is 22.4 Å². The Morgan fingerprint density at radius 1 is 0.630 bits per heavy atom. The molecule has 0 spiro atoms. The zero-order chi connectivity index (χ0) is 36.6. The van der Waals surface area contributed by atoms with Crippen LogP contribution in [0.3, 0.4) is 0 Å². The van der Waals surface area contributed by atoms with Gasteiger partial charge in [0.25, 0.3) is 0 Å². The van der Waals surface area contributed by atoms with Crippen molar-refractivity contribution < 1.29 is 32.8 Å². The van der Waals surface area contributed by atoms with E-state index in [0.29, 0.717) is 41.0 Å². The molecule has 1 aromatic heterocycles. The van der Waals surface area contributed by atoms with Crippen molar-refractivity contribution in [2.45, 2.75) is 32.0 Å². The lowest BCUT2D eigenvalue weighted by molar-refractivity contribution is 0.201. The van der Waals surface area contributed by atoms with Crippen molar-refractivity contribution in [1.29, 1.82) is 0 Å². The predicted molar refractivity (Wildman–Crippen MR) is 216 cm³/mol. The highest BCUT2D eigenvalue weighted by molar-refractivity contribution is 5.85. The molecule has 1 aliphatic heterocycles. The van der Waals surface area contributed by atoms with Crippen molar-refractivity contribution in [2.24, 2.45) is 0 Å². The predicted octanol–water partition coefficient (Wildman–Crippen LogP) is 9.12.